The zero-order chi connectivity index (χ0) is 13.0. The largest absolute Gasteiger partial charge is 0.508 e. The van der Waals surface area contributed by atoms with Crippen molar-refractivity contribution in [2.45, 2.75) is 32.1 Å². The lowest BCUT2D eigenvalue weighted by molar-refractivity contribution is 0.459. The first kappa shape index (κ1) is 13.2. The van der Waals surface area contributed by atoms with E-state index in [4.69, 9.17) is 0 Å². The minimum absolute atomic E-state index is 0.344. The summed E-state index contributed by atoms with van der Waals surface area (Å²) in [5.74, 6) is 0.344. The van der Waals surface area contributed by atoms with Crippen LogP contribution in [0.2, 0.25) is 0 Å². The molecule has 1 aromatic carbocycles. The average Bonchev–Trinajstić information content (AvgIpc) is 2.38. The van der Waals surface area contributed by atoms with E-state index in [1.807, 2.05) is 12.1 Å². The van der Waals surface area contributed by atoms with Crippen LogP contribution in [0.4, 0.5) is 0 Å². The molecule has 0 aliphatic heterocycles. The number of benzene rings is 1. The number of rotatable bonds is 3. The maximum Gasteiger partial charge on any atom is 0.115 e. The Kier molecular flexibility index (Phi) is 4.43. The van der Waals surface area contributed by atoms with Gasteiger partial charge in [-0.25, -0.2) is 0 Å². The van der Waals surface area contributed by atoms with E-state index >= 15 is 0 Å². The number of allylic oxidation sites excluding steroid dienone is 1. The van der Waals surface area contributed by atoms with Crippen LogP contribution in [-0.4, -0.2) is 30.6 Å². The van der Waals surface area contributed by atoms with Crippen LogP contribution >= 0.6 is 0 Å². The van der Waals surface area contributed by atoms with E-state index < -0.39 is 0 Å². The number of phenols is 1. The average molecular weight is 245 g/mol. The summed E-state index contributed by atoms with van der Waals surface area (Å²) < 4.78 is 0. The molecule has 0 spiro atoms. The highest BCUT2D eigenvalue weighted by Crippen LogP contribution is 2.31. The molecule has 1 saturated carbocycles. The van der Waals surface area contributed by atoms with Gasteiger partial charge >= 0.3 is 0 Å². The second kappa shape index (κ2) is 6.05. The maximum absolute atomic E-state index is 9.40. The molecule has 0 amide bonds. The molecule has 0 heterocycles. The number of likely N-dealkylation sites (N-methyl/N-ethyl adjacent to an activating group) is 1. The van der Waals surface area contributed by atoms with Gasteiger partial charge in [0.2, 0.25) is 0 Å². The monoisotopic (exact) mass is 245 g/mol. The second-order valence-electron chi connectivity index (χ2n) is 5.43. The van der Waals surface area contributed by atoms with E-state index in [0.29, 0.717) is 5.75 Å². The Morgan fingerprint density at radius 1 is 1.06 bits per heavy atom. The van der Waals surface area contributed by atoms with Crippen LogP contribution in [0.25, 0.3) is 5.57 Å². The SMILES string of the molecule is CN(C)CC(=C1CCCCC1)c1ccc(O)cc1. The van der Waals surface area contributed by atoms with Gasteiger partial charge in [-0.1, -0.05) is 24.1 Å². The quantitative estimate of drug-likeness (QED) is 0.878. The Hall–Kier alpha value is -1.28. The van der Waals surface area contributed by atoms with Crippen molar-refractivity contribution in [3.05, 3.63) is 35.4 Å². The summed E-state index contributed by atoms with van der Waals surface area (Å²) in [5, 5.41) is 9.40. The molecule has 1 fully saturated rings. The number of hydrogen-bond donors (Lipinski definition) is 1. The lowest BCUT2D eigenvalue weighted by Crippen LogP contribution is -2.16. The van der Waals surface area contributed by atoms with Crippen LogP contribution in [0.15, 0.2) is 29.8 Å². The predicted octanol–water partition coefficient (Wildman–Crippen LogP) is 3.67. The van der Waals surface area contributed by atoms with Gasteiger partial charge in [0, 0.05) is 6.54 Å². The van der Waals surface area contributed by atoms with E-state index in [9.17, 15) is 5.11 Å². The fraction of sp³-hybridized carbons (Fsp3) is 0.500. The summed E-state index contributed by atoms with van der Waals surface area (Å²) in [7, 11) is 4.23. The molecule has 0 unspecified atom stereocenters. The van der Waals surface area contributed by atoms with Crippen molar-refractivity contribution in [2.24, 2.45) is 0 Å². The molecule has 0 aromatic heterocycles. The molecule has 18 heavy (non-hydrogen) atoms. The zero-order valence-electron chi connectivity index (χ0n) is 11.4. The minimum atomic E-state index is 0.344. The van der Waals surface area contributed by atoms with Crippen LogP contribution in [0.1, 0.15) is 37.7 Å². The lowest BCUT2D eigenvalue weighted by atomic mass is 9.88. The van der Waals surface area contributed by atoms with Crippen molar-refractivity contribution in [1.29, 1.82) is 0 Å². The molecular weight excluding hydrogens is 222 g/mol. The minimum Gasteiger partial charge on any atom is -0.508 e. The normalized spacial score (nSPS) is 16.1. The third-order valence-corrected chi connectivity index (χ3v) is 3.57. The summed E-state index contributed by atoms with van der Waals surface area (Å²) in [6, 6.07) is 7.65. The molecule has 0 bridgehead atoms. The first-order chi connectivity index (χ1) is 8.66. The smallest absolute Gasteiger partial charge is 0.115 e. The summed E-state index contributed by atoms with van der Waals surface area (Å²) in [6.45, 7) is 0.986. The van der Waals surface area contributed by atoms with Crippen LogP contribution < -0.4 is 0 Å². The van der Waals surface area contributed by atoms with E-state index in [1.54, 1.807) is 17.7 Å². The van der Waals surface area contributed by atoms with Crippen molar-refractivity contribution in [3.8, 4) is 5.75 Å². The summed E-state index contributed by atoms with van der Waals surface area (Å²) in [4.78, 5) is 2.23. The van der Waals surface area contributed by atoms with Gasteiger partial charge in [0.1, 0.15) is 5.75 Å². The Labute approximate surface area is 110 Å². The summed E-state index contributed by atoms with van der Waals surface area (Å²) in [5.41, 5.74) is 4.33. The molecule has 1 aromatic rings. The molecule has 0 atom stereocenters. The van der Waals surface area contributed by atoms with Crippen molar-refractivity contribution >= 4 is 5.57 Å². The van der Waals surface area contributed by atoms with Gasteiger partial charge in [-0.15, -0.1) is 0 Å². The molecule has 2 rings (SSSR count). The molecule has 0 saturated heterocycles. The predicted molar refractivity (Wildman–Crippen MR) is 76.7 cm³/mol. The highest BCUT2D eigenvalue weighted by Gasteiger charge is 2.13. The van der Waals surface area contributed by atoms with Crippen molar-refractivity contribution in [3.63, 3.8) is 0 Å². The third kappa shape index (κ3) is 3.36. The van der Waals surface area contributed by atoms with Gasteiger partial charge in [0.15, 0.2) is 0 Å². The molecule has 1 aliphatic carbocycles. The Morgan fingerprint density at radius 3 is 2.22 bits per heavy atom. The van der Waals surface area contributed by atoms with Gasteiger partial charge in [-0.05, 0) is 63.0 Å². The molecule has 1 aliphatic rings. The molecule has 2 heteroatoms. The van der Waals surface area contributed by atoms with E-state index in [0.717, 1.165) is 6.54 Å². The first-order valence-electron chi connectivity index (χ1n) is 6.82. The molecule has 1 N–H and O–H groups in total. The molecular formula is C16H23NO. The van der Waals surface area contributed by atoms with Crippen molar-refractivity contribution in [1.82, 2.24) is 4.90 Å². The Balaban J connectivity index is 2.32. The Bertz CT molecular complexity index is 409. The van der Waals surface area contributed by atoms with Crippen LogP contribution in [0.5, 0.6) is 5.75 Å². The number of hydrogen-bond acceptors (Lipinski definition) is 2. The Morgan fingerprint density at radius 2 is 1.67 bits per heavy atom. The van der Waals surface area contributed by atoms with Gasteiger partial charge in [0.25, 0.3) is 0 Å². The summed E-state index contributed by atoms with van der Waals surface area (Å²) in [6.07, 6.45) is 6.50. The molecule has 0 radical (unpaired) electrons. The first-order valence-corrected chi connectivity index (χ1v) is 6.82. The lowest BCUT2D eigenvalue weighted by Gasteiger charge is -2.22. The van der Waals surface area contributed by atoms with Crippen LogP contribution in [0, 0.1) is 0 Å². The topological polar surface area (TPSA) is 23.5 Å². The fourth-order valence-electron chi connectivity index (χ4n) is 2.67. The number of phenolic OH excluding ortho intramolecular Hbond substituents is 1. The highest BCUT2D eigenvalue weighted by molar-refractivity contribution is 5.70. The van der Waals surface area contributed by atoms with Gasteiger partial charge < -0.3 is 10.0 Å². The standard InChI is InChI=1S/C16H23NO/c1-17(2)12-16(13-6-4-3-5-7-13)14-8-10-15(18)11-9-14/h8-11,18H,3-7,12H2,1-2H3. The van der Waals surface area contributed by atoms with E-state index in [-0.39, 0.29) is 0 Å². The number of nitrogens with zero attached hydrogens (tertiary/aromatic N) is 1. The summed E-state index contributed by atoms with van der Waals surface area (Å²) >= 11 is 0. The van der Waals surface area contributed by atoms with Crippen molar-refractivity contribution in [2.75, 3.05) is 20.6 Å². The zero-order valence-corrected chi connectivity index (χ0v) is 11.4. The number of aromatic hydroxyl groups is 1. The second-order valence-corrected chi connectivity index (χ2v) is 5.43. The maximum atomic E-state index is 9.40. The molecule has 2 nitrogen and oxygen atoms in total. The van der Waals surface area contributed by atoms with E-state index in [1.165, 1.54) is 43.2 Å². The van der Waals surface area contributed by atoms with Gasteiger partial charge in [0.05, 0.1) is 0 Å². The van der Waals surface area contributed by atoms with Gasteiger partial charge in [-0.2, -0.15) is 0 Å². The van der Waals surface area contributed by atoms with Crippen molar-refractivity contribution < 1.29 is 5.11 Å². The van der Waals surface area contributed by atoms with Gasteiger partial charge in [-0.3, -0.25) is 0 Å². The molecule has 98 valence electrons. The third-order valence-electron chi connectivity index (χ3n) is 3.57. The highest BCUT2D eigenvalue weighted by atomic mass is 16.3. The van der Waals surface area contributed by atoms with E-state index in [2.05, 4.69) is 19.0 Å². The van der Waals surface area contributed by atoms with Crippen LogP contribution in [-0.2, 0) is 0 Å². The fourth-order valence-corrected chi connectivity index (χ4v) is 2.67. The van der Waals surface area contributed by atoms with Crippen LogP contribution in [0.3, 0.4) is 0 Å².